The van der Waals surface area contributed by atoms with Crippen molar-refractivity contribution in [2.24, 2.45) is 7.05 Å². The van der Waals surface area contributed by atoms with Gasteiger partial charge in [0.05, 0.1) is 22.7 Å². The topological polar surface area (TPSA) is 74.7 Å². The summed E-state index contributed by atoms with van der Waals surface area (Å²) in [6.07, 6.45) is 1.72. The number of hydrogen-bond acceptors (Lipinski definition) is 4. The van der Waals surface area contributed by atoms with Crippen LogP contribution in [0.4, 0.5) is 0 Å². The first-order chi connectivity index (χ1) is 15.2. The summed E-state index contributed by atoms with van der Waals surface area (Å²) in [5, 5.41) is 19.9. The van der Waals surface area contributed by atoms with Crippen molar-refractivity contribution in [3.8, 4) is 45.6 Å². The Morgan fingerprint density at radius 3 is 2.44 bits per heavy atom. The summed E-state index contributed by atoms with van der Waals surface area (Å²) in [4.78, 5) is 9.26. The standard InChI is InChI=1S/C26H17N4O.Pt/c1-30-23-10-6-8-20(25(23)29-26(30)21-7-2-3-11-24(21)31)18-13-17(16-27)14-19(15-18)22-9-4-5-12-28-22;/h2-14,31H,1H3;/q-1;. The number of pyridine rings is 1. The van der Waals surface area contributed by atoms with E-state index in [1.807, 2.05) is 66.2 Å². The zero-order valence-electron chi connectivity index (χ0n) is 17.1. The van der Waals surface area contributed by atoms with E-state index in [-0.39, 0.29) is 26.8 Å². The number of fused-ring (bicyclic) bond motifs is 1. The van der Waals surface area contributed by atoms with E-state index in [1.165, 1.54) is 0 Å². The Morgan fingerprint density at radius 1 is 0.938 bits per heavy atom. The van der Waals surface area contributed by atoms with Crippen LogP contribution in [0, 0.1) is 17.4 Å². The number of aromatic hydroxyl groups is 1. The van der Waals surface area contributed by atoms with Crippen LogP contribution in [0.1, 0.15) is 5.56 Å². The van der Waals surface area contributed by atoms with E-state index < -0.39 is 0 Å². The Bertz CT molecular complexity index is 1470. The van der Waals surface area contributed by atoms with Crippen LogP contribution in [0.5, 0.6) is 5.75 Å². The van der Waals surface area contributed by atoms with Gasteiger partial charge in [-0.15, -0.1) is 23.8 Å². The zero-order valence-corrected chi connectivity index (χ0v) is 19.3. The number of imidazole rings is 1. The molecule has 0 atom stereocenters. The van der Waals surface area contributed by atoms with Crippen LogP contribution in [-0.4, -0.2) is 19.6 Å². The number of para-hydroxylation sites is 2. The van der Waals surface area contributed by atoms with E-state index in [4.69, 9.17) is 4.98 Å². The molecule has 5 nitrogen and oxygen atoms in total. The number of hydrogen-bond donors (Lipinski definition) is 1. The van der Waals surface area contributed by atoms with Gasteiger partial charge in [-0.2, -0.15) is 5.26 Å². The van der Waals surface area contributed by atoms with E-state index in [2.05, 4.69) is 17.1 Å². The molecule has 2 heterocycles. The smallest absolute Gasteiger partial charge is 0.143 e. The zero-order chi connectivity index (χ0) is 21.4. The van der Waals surface area contributed by atoms with Crippen LogP contribution in [0.3, 0.4) is 0 Å². The maximum atomic E-state index is 10.3. The maximum absolute atomic E-state index is 10.3. The second kappa shape index (κ2) is 8.78. The molecular formula is C26H17N4OPt-. The van der Waals surface area contributed by atoms with Crippen LogP contribution in [0.2, 0.25) is 0 Å². The fraction of sp³-hybridized carbons (Fsp3) is 0.0385. The molecule has 0 bridgehead atoms. The number of aromatic nitrogens is 3. The van der Waals surface area contributed by atoms with E-state index in [0.717, 1.165) is 33.4 Å². The predicted molar refractivity (Wildman–Crippen MR) is 120 cm³/mol. The summed E-state index contributed by atoms with van der Waals surface area (Å²) in [6.45, 7) is 0. The predicted octanol–water partition coefficient (Wildman–Crippen LogP) is 5.34. The van der Waals surface area contributed by atoms with Crippen molar-refractivity contribution in [1.82, 2.24) is 14.5 Å². The van der Waals surface area contributed by atoms with Crippen molar-refractivity contribution in [2.45, 2.75) is 0 Å². The first kappa shape index (κ1) is 21.5. The SMILES string of the molecule is Cn1c(-c2ccccc2O)nc2c(-c3[c-]c(-c4ccccn4)cc(C#N)c3)cccc21.[Pt]. The molecule has 0 spiro atoms. The summed E-state index contributed by atoms with van der Waals surface area (Å²) in [6, 6.07) is 28.0. The molecule has 0 radical (unpaired) electrons. The second-order valence-electron chi connectivity index (χ2n) is 7.21. The number of nitrogens with zero attached hydrogens (tertiary/aromatic N) is 4. The Hall–Kier alpha value is -3.74. The first-order valence-electron chi connectivity index (χ1n) is 9.79. The molecule has 0 aliphatic rings. The summed E-state index contributed by atoms with van der Waals surface area (Å²) >= 11 is 0. The number of rotatable bonds is 3. The molecule has 1 N–H and O–H groups in total. The van der Waals surface area contributed by atoms with Crippen molar-refractivity contribution in [1.29, 1.82) is 5.26 Å². The van der Waals surface area contributed by atoms with Gasteiger partial charge in [0.1, 0.15) is 11.6 Å². The Kier molecular flexibility index (Phi) is 5.90. The van der Waals surface area contributed by atoms with Gasteiger partial charge < -0.3 is 9.67 Å². The van der Waals surface area contributed by atoms with Crippen molar-refractivity contribution in [3.63, 3.8) is 0 Å². The minimum atomic E-state index is 0. The molecule has 32 heavy (non-hydrogen) atoms. The molecule has 0 fully saturated rings. The molecule has 0 saturated heterocycles. The number of nitriles is 1. The molecule has 0 saturated carbocycles. The molecule has 0 aliphatic heterocycles. The molecular weight excluding hydrogens is 579 g/mol. The minimum Gasteiger partial charge on any atom is -0.507 e. The average Bonchev–Trinajstić information content (AvgIpc) is 3.16. The summed E-state index contributed by atoms with van der Waals surface area (Å²) in [5.74, 6) is 0.847. The van der Waals surface area contributed by atoms with Gasteiger partial charge in [0.2, 0.25) is 0 Å². The fourth-order valence-corrected chi connectivity index (χ4v) is 3.78. The van der Waals surface area contributed by atoms with Crippen molar-refractivity contribution in [3.05, 3.63) is 90.6 Å². The summed E-state index contributed by atoms with van der Waals surface area (Å²) < 4.78 is 1.96. The molecule has 0 aliphatic carbocycles. The molecule has 6 heteroatoms. The molecule has 5 aromatic rings. The monoisotopic (exact) mass is 596 g/mol. The molecule has 5 rings (SSSR count). The van der Waals surface area contributed by atoms with Crippen LogP contribution in [0.25, 0.3) is 44.8 Å². The van der Waals surface area contributed by atoms with Crippen molar-refractivity contribution in [2.75, 3.05) is 0 Å². The van der Waals surface area contributed by atoms with Gasteiger partial charge in [-0.3, -0.25) is 4.98 Å². The van der Waals surface area contributed by atoms with Gasteiger partial charge in [0, 0.05) is 40.0 Å². The van der Waals surface area contributed by atoms with Gasteiger partial charge in [-0.25, -0.2) is 4.98 Å². The van der Waals surface area contributed by atoms with E-state index in [0.29, 0.717) is 17.0 Å². The molecule has 2 aromatic heterocycles. The van der Waals surface area contributed by atoms with Gasteiger partial charge in [0.15, 0.2) is 0 Å². The maximum Gasteiger partial charge on any atom is 0.143 e. The third kappa shape index (κ3) is 3.70. The van der Waals surface area contributed by atoms with Gasteiger partial charge in [-0.1, -0.05) is 47.5 Å². The molecule has 0 amide bonds. The fourth-order valence-electron chi connectivity index (χ4n) is 3.78. The van der Waals surface area contributed by atoms with Gasteiger partial charge >= 0.3 is 0 Å². The summed E-state index contributed by atoms with van der Waals surface area (Å²) in [5.41, 5.74) is 6.04. The normalized spacial score (nSPS) is 10.5. The first-order valence-corrected chi connectivity index (χ1v) is 9.79. The van der Waals surface area contributed by atoms with Crippen LogP contribution in [0.15, 0.2) is 79.0 Å². The van der Waals surface area contributed by atoms with Gasteiger partial charge in [-0.05, 0) is 29.8 Å². The third-order valence-electron chi connectivity index (χ3n) is 5.29. The third-order valence-corrected chi connectivity index (χ3v) is 5.29. The van der Waals surface area contributed by atoms with Crippen LogP contribution in [-0.2, 0) is 28.1 Å². The number of aryl methyl sites for hydroxylation is 1. The Labute approximate surface area is 199 Å². The minimum absolute atomic E-state index is 0. The molecule has 0 unspecified atom stereocenters. The Morgan fingerprint density at radius 2 is 1.69 bits per heavy atom. The summed E-state index contributed by atoms with van der Waals surface area (Å²) in [7, 11) is 1.93. The second-order valence-corrected chi connectivity index (χ2v) is 7.21. The van der Waals surface area contributed by atoms with E-state index in [9.17, 15) is 10.4 Å². The van der Waals surface area contributed by atoms with Crippen molar-refractivity contribution >= 4 is 11.0 Å². The van der Waals surface area contributed by atoms with Crippen LogP contribution < -0.4 is 0 Å². The van der Waals surface area contributed by atoms with E-state index >= 15 is 0 Å². The van der Waals surface area contributed by atoms with Crippen LogP contribution >= 0.6 is 0 Å². The van der Waals surface area contributed by atoms with Crippen molar-refractivity contribution < 1.29 is 26.2 Å². The Balaban J connectivity index is 0.00000245. The quantitative estimate of drug-likeness (QED) is 0.286. The van der Waals surface area contributed by atoms with Gasteiger partial charge in [0.25, 0.3) is 0 Å². The number of benzene rings is 3. The molecule has 158 valence electrons. The number of phenolic OH excluding ortho intramolecular Hbond substituents is 1. The number of phenols is 1. The van der Waals surface area contributed by atoms with E-state index in [1.54, 1.807) is 24.4 Å². The molecule has 3 aromatic carbocycles. The largest absolute Gasteiger partial charge is 0.507 e. The average molecular weight is 597 g/mol.